The number of para-hydroxylation sites is 1. The topological polar surface area (TPSA) is 14.2 Å². The van der Waals surface area contributed by atoms with E-state index in [9.17, 15) is 0 Å². The molecule has 0 amide bonds. The third kappa shape index (κ3) is 1.49. The molecule has 1 aliphatic heterocycles. The molecule has 0 radical (unpaired) electrons. The van der Waals surface area contributed by atoms with Crippen molar-refractivity contribution in [3.05, 3.63) is 30.0 Å². The molecule has 1 aliphatic carbocycles. The van der Waals surface area contributed by atoms with Crippen molar-refractivity contribution in [2.45, 2.75) is 57.6 Å². The Bertz CT molecular complexity index is 656. The van der Waals surface area contributed by atoms with Gasteiger partial charge in [0.25, 0.3) is 0 Å². The van der Waals surface area contributed by atoms with Gasteiger partial charge in [0.05, 0.1) is 12.1 Å². The van der Waals surface area contributed by atoms with Crippen LogP contribution in [0.3, 0.4) is 0 Å². The van der Waals surface area contributed by atoms with Crippen molar-refractivity contribution in [2.24, 2.45) is 0 Å². The highest BCUT2D eigenvalue weighted by molar-refractivity contribution is 5.90. The summed E-state index contributed by atoms with van der Waals surface area (Å²) in [6.45, 7) is 7.89. The van der Waals surface area contributed by atoms with Gasteiger partial charge in [0.2, 0.25) is 0 Å². The standard InChI is InChI=1S/C17H21NO/c1-16(2,3)13-10-18-11-17(8-5-9-17)19-14-7-4-6-12(13)15(14)18/h4,6-7,10H,5,8-9,11H2,1-3H3. The molecule has 1 spiro atoms. The third-order valence-corrected chi connectivity index (χ3v) is 4.72. The first-order valence-corrected chi connectivity index (χ1v) is 7.30. The molecule has 0 unspecified atom stereocenters. The summed E-state index contributed by atoms with van der Waals surface area (Å²) in [7, 11) is 0. The lowest BCUT2D eigenvalue weighted by Crippen LogP contribution is -2.48. The summed E-state index contributed by atoms with van der Waals surface area (Å²) >= 11 is 0. The van der Waals surface area contributed by atoms with E-state index in [1.165, 1.54) is 35.7 Å². The number of hydrogen-bond donors (Lipinski definition) is 0. The van der Waals surface area contributed by atoms with Crippen LogP contribution in [-0.4, -0.2) is 10.2 Å². The molecule has 0 bridgehead atoms. The fourth-order valence-corrected chi connectivity index (χ4v) is 3.54. The molecule has 0 N–H and O–H groups in total. The molecule has 4 rings (SSSR count). The summed E-state index contributed by atoms with van der Waals surface area (Å²) in [6.07, 6.45) is 6.06. The molecular formula is C17H21NO. The van der Waals surface area contributed by atoms with E-state index in [0.29, 0.717) is 0 Å². The molecule has 2 aromatic rings. The summed E-state index contributed by atoms with van der Waals surface area (Å²) in [5.74, 6) is 1.08. The number of ether oxygens (including phenoxy) is 1. The summed E-state index contributed by atoms with van der Waals surface area (Å²) in [5, 5.41) is 1.36. The number of aromatic nitrogens is 1. The van der Waals surface area contributed by atoms with E-state index < -0.39 is 0 Å². The van der Waals surface area contributed by atoms with Crippen LogP contribution in [0.4, 0.5) is 0 Å². The maximum absolute atomic E-state index is 6.33. The molecule has 100 valence electrons. The number of nitrogens with zero attached hydrogens (tertiary/aromatic N) is 1. The second kappa shape index (κ2) is 3.36. The van der Waals surface area contributed by atoms with Gasteiger partial charge < -0.3 is 9.30 Å². The first kappa shape index (κ1) is 11.4. The predicted octanol–water partition coefficient (Wildman–Crippen LogP) is 4.25. The first-order valence-electron chi connectivity index (χ1n) is 7.30. The minimum absolute atomic E-state index is 0.0927. The highest BCUT2D eigenvalue weighted by atomic mass is 16.5. The van der Waals surface area contributed by atoms with Crippen LogP contribution < -0.4 is 4.74 Å². The lowest BCUT2D eigenvalue weighted by molar-refractivity contribution is -0.0278. The highest BCUT2D eigenvalue weighted by Crippen LogP contribution is 2.46. The van der Waals surface area contributed by atoms with Crippen molar-refractivity contribution in [3.8, 4) is 5.75 Å². The summed E-state index contributed by atoms with van der Waals surface area (Å²) in [6, 6.07) is 6.50. The second-order valence-corrected chi connectivity index (χ2v) is 7.21. The number of rotatable bonds is 0. The summed E-state index contributed by atoms with van der Waals surface area (Å²) in [5.41, 5.74) is 3.00. The van der Waals surface area contributed by atoms with Gasteiger partial charge in [-0.15, -0.1) is 0 Å². The fourth-order valence-electron chi connectivity index (χ4n) is 3.54. The lowest BCUT2D eigenvalue weighted by Gasteiger charge is -2.44. The Morgan fingerprint density at radius 2 is 2.00 bits per heavy atom. The SMILES string of the molecule is CC(C)(C)c1cn2c3c(cccc13)OC1(CCC1)C2. The van der Waals surface area contributed by atoms with Crippen molar-refractivity contribution in [3.63, 3.8) is 0 Å². The van der Waals surface area contributed by atoms with Crippen LogP contribution >= 0.6 is 0 Å². The zero-order valence-electron chi connectivity index (χ0n) is 12.0. The van der Waals surface area contributed by atoms with E-state index in [1.807, 2.05) is 0 Å². The largest absolute Gasteiger partial charge is 0.483 e. The predicted molar refractivity (Wildman–Crippen MR) is 77.8 cm³/mol. The average molecular weight is 255 g/mol. The van der Waals surface area contributed by atoms with Gasteiger partial charge >= 0.3 is 0 Å². The van der Waals surface area contributed by atoms with E-state index in [4.69, 9.17) is 4.74 Å². The quantitative estimate of drug-likeness (QED) is 0.686. The summed E-state index contributed by atoms with van der Waals surface area (Å²) in [4.78, 5) is 0. The minimum Gasteiger partial charge on any atom is -0.483 e. The van der Waals surface area contributed by atoms with Crippen LogP contribution in [0.5, 0.6) is 5.75 Å². The van der Waals surface area contributed by atoms with E-state index in [2.05, 4.69) is 49.7 Å². The molecule has 19 heavy (non-hydrogen) atoms. The van der Waals surface area contributed by atoms with Gasteiger partial charge in [-0.25, -0.2) is 0 Å². The maximum atomic E-state index is 6.33. The molecular weight excluding hydrogens is 234 g/mol. The van der Waals surface area contributed by atoms with Gasteiger partial charge in [0.15, 0.2) is 0 Å². The average Bonchev–Trinajstić information content (AvgIpc) is 2.68. The van der Waals surface area contributed by atoms with Gasteiger partial charge in [-0.3, -0.25) is 0 Å². The normalized spacial score (nSPS) is 20.4. The van der Waals surface area contributed by atoms with Crippen LogP contribution in [0.2, 0.25) is 0 Å². The Morgan fingerprint density at radius 1 is 1.21 bits per heavy atom. The third-order valence-electron chi connectivity index (χ3n) is 4.72. The monoisotopic (exact) mass is 255 g/mol. The zero-order chi connectivity index (χ0) is 13.3. The van der Waals surface area contributed by atoms with E-state index >= 15 is 0 Å². The van der Waals surface area contributed by atoms with Gasteiger partial charge in [0, 0.05) is 11.6 Å². The van der Waals surface area contributed by atoms with Gasteiger partial charge in [-0.2, -0.15) is 0 Å². The Labute approximate surface area is 114 Å². The number of hydrogen-bond acceptors (Lipinski definition) is 1. The Balaban J connectivity index is 1.97. The fraction of sp³-hybridized carbons (Fsp3) is 0.529. The number of benzene rings is 1. The molecule has 2 heteroatoms. The summed E-state index contributed by atoms with van der Waals surface area (Å²) < 4.78 is 8.77. The molecule has 1 fully saturated rings. The first-order chi connectivity index (χ1) is 8.99. The smallest absolute Gasteiger partial charge is 0.144 e. The van der Waals surface area contributed by atoms with Crippen molar-refractivity contribution >= 4 is 10.9 Å². The van der Waals surface area contributed by atoms with Crippen molar-refractivity contribution in [2.75, 3.05) is 0 Å². The Hall–Kier alpha value is -1.44. The van der Waals surface area contributed by atoms with Crippen LogP contribution in [0, 0.1) is 0 Å². The van der Waals surface area contributed by atoms with E-state index in [1.54, 1.807) is 0 Å². The van der Waals surface area contributed by atoms with Crippen molar-refractivity contribution in [1.29, 1.82) is 0 Å². The maximum Gasteiger partial charge on any atom is 0.144 e. The van der Waals surface area contributed by atoms with Crippen LogP contribution in [0.25, 0.3) is 10.9 Å². The molecule has 0 saturated heterocycles. The molecule has 1 aromatic heterocycles. The van der Waals surface area contributed by atoms with Crippen LogP contribution in [-0.2, 0) is 12.0 Å². The van der Waals surface area contributed by atoms with Crippen LogP contribution in [0.1, 0.15) is 45.6 Å². The molecule has 1 saturated carbocycles. The Morgan fingerprint density at radius 3 is 2.63 bits per heavy atom. The molecule has 2 heterocycles. The molecule has 2 aliphatic rings. The molecule has 1 aromatic carbocycles. The van der Waals surface area contributed by atoms with Gasteiger partial charge in [0.1, 0.15) is 11.4 Å². The minimum atomic E-state index is 0.0927. The van der Waals surface area contributed by atoms with E-state index in [-0.39, 0.29) is 11.0 Å². The van der Waals surface area contributed by atoms with Gasteiger partial charge in [-0.1, -0.05) is 32.9 Å². The Kier molecular flexibility index (Phi) is 2.01. The van der Waals surface area contributed by atoms with E-state index in [0.717, 1.165) is 12.3 Å². The van der Waals surface area contributed by atoms with Crippen molar-refractivity contribution in [1.82, 2.24) is 4.57 Å². The zero-order valence-corrected chi connectivity index (χ0v) is 12.0. The van der Waals surface area contributed by atoms with Crippen LogP contribution in [0.15, 0.2) is 24.4 Å². The highest BCUT2D eigenvalue weighted by Gasteiger charge is 2.43. The molecule has 0 atom stereocenters. The second-order valence-electron chi connectivity index (χ2n) is 7.21. The lowest BCUT2D eigenvalue weighted by atomic mass is 9.79. The van der Waals surface area contributed by atoms with Crippen molar-refractivity contribution < 1.29 is 4.74 Å². The van der Waals surface area contributed by atoms with Gasteiger partial charge in [-0.05, 0) is 36.3 Å². The molecule has 2 nitrogen and oxygen atoms in total.